The third-order valence-electron chi connectivity index (χ3n) is 5.16. The number of carbonyl (C=O) groups is 2. The second-order valence-corrected chi connectivity index (χ2v) is 8.02. The van der Waals surface area contributed by atoms with Crippen LogP contribution in [0.2, 0.25) is 5.02 Å². The van der Waals surface area contributed by atoms with Crippen LogP contribution in [-0.4, -0.2) is 56.0 Å². The van der Waals surface area contributed by atoms with Gasteiger partial charge in [0.25, 0.3) is 11.7 Å². The fraction of sp³-hybridized carbons (Fsp3) is 0.304. The molecule has 1 heterocycles. The lowest BCUT2D eigenvalue weighted by Crippen LogP contribution is -3.05. The van der Waals surface area contributed by atoms with E-state index in [1.807, 2.05) is 14.1 Å². The quantitative estimate of drug-likeness (QED) is 0.402. The van der Waals surface area contributed by atoms with E-state index >= 15 is 0 Å². The van der Waals surface area contributed by atoms with Gasteiger partial charge in [-0.1, -0.05) is 23.7 Å². The minimum Gasteiger partial charge on any atom is -0.507 e. The molecule has 0 bridgehead atoms. The Hall–Kier alpha value is -2.83. The van der Waals surface area contributed by atoms with Gasteiger partial charge in [-0.05, 0) is 42.0 Å². The average Bonchev–Trinajstić information content (AvgIpc) is 2.98. The molecule has 1 saturated heterocycles. The average molecular weight is 430 g/mol. The lowest BCUT2D eigenvalue weighted by Gasteiger charge is -2.25. The highest BCUT2D eigenvalue weighted by molar-refractivity contribution is 6.46. The lowest BCUT2D eigenvalue weighted by atomic mass is 9.95. The topological polar surface area (TPSA) is 71.3 Å². The van der Waals surface area contributed by atoms with Crippen LogP contribution in [0.3, 0.4) is 0 Å². The monoisotopic (exact) mass is 429 g/mol. The van der Waals surface area contributed by atoms with Crippen LogP contribution in [0.4, 0.5) is 0 Å². The Balaban J connectivity index is 2.06. The summed E-state index contributed by atoms with van der Waals surface area (Å²) in [5.41, 5.74) is 1.26. The van der Waals surface area contributed by atoms with Crippen molar-refractivity contribution in [1.29, 1.82) is 0 Å². The zero-order valence-electron chi connectivity index (χ0n) is 17.3. The maximum atomic E-state index is 12.9. The molecule has 30 heavy (non-hydrogen) atoms. The number of aliphatic hydroxyl groups excluding tert-OH is 1. The first-order valence-corrected chi connectivity index (χ1v) is 10.2. The minimum absolute atomic E-state index is 0.0877. The Morgan fingerprint density at radius 1 is 1.10 bits per heavy atom. The summed E-state index contributed by atoms with van der Waals surface area (Å²) in [4.78, 5) is 28.6. The van der Waals surface area contributed by atoms with E-state index < -0.39 is 17.7 Å². The van der Waals surface area contributed by atoms with Crippen molar-refractivity contribution in [1.82, 2.24) is 4.90 Å². The number of ether oxygens (including phenoxy) is 1. The van der Waals surface area contributed by atoms with Gasteiger partial charge in [0.2, 0.25) is 0 Å². The SMILES string of the molecule is COc1ccc(C(O)=C2C(=O)C(=O)N(CCC[NH+](C)C)[C@H]2c2ccc(Cl)cc2)cc1. The van der Waals surface area contributed by atoms with Gasteiger partial charge in [-0.2, -0.15) is 0 Å². The Morgan fingerprint density at radius 2 is 1.73 bits per heavy atom. The summed E-state index contributed by atoms with van der Waals surface area (Å²) >= 11 is 6.03. The first-order chi connectivity index (χ1) is 14.3. The summed E-state index contributed by atoms with van der Waals surface area (Å²) in [6, 6.07) is 13.1. The third kappa shape index (κ3) is 4.50. The summed E-state index contributed by atoms with van der Waals surface area (Å²) in [5, 5.41) is 11.6. The summed E-state index contributed by atoms with van der Waals surface area (Å²) in [5.74, 6) is -0.844. The molecule has 0 radical (unpaired) electrons. The molecule has 1 fully saturated rings. The number of rotatable bonds is 7. The molecule has 1 amide bonds. The number of amides is 1. The number of likely N-dealkylation sites (tertiary alicyclic amines) is 1. The molecule has 3 rings (SSSR count). The first kappa shape index (κ1) is 21.9. The normalized spacial score (nSPS) is 18.3. The van der Waals surface area contributed by atoms with Crippen molar-refractivity contribution in [3.8, 4) is 5.75 Å². The molecule has 158 valence electrons. The maximum absolute atomic E-state index is 12.9. The number of carbonyl (C=O) groups excluding carboxylic acids is 2. The van der Waals surface area contributed by atoms with E-state index in [4.69, 9.17) is 16.3 Å². The van der Waals surface area contributed by atoms with Gasteiger partial charge in [-0.25, -0.2) is 0 Å². The Kier molecular flexibility index (Phi) is 6.80. The highest BCUT2D eigenvalue weighted by atomic mass is 35.5. The van der Waals surface area contributed by atoms with Crippen molar-refractivity contribution >= 4 is 29.1 Å². The van der Waals surface area contributed by atoms with Gasteiger partial charge in [0.05, 0.1) is 39.4 Å². The number of methoxy groups -OCH3 is 1. The molecule has 7 heteroatoms. The zero-order chi connectivity index (χ0) is 21.8. The van der Waals surface area contributed by atoms with Gasteiger partial charge in [0, 0.05) is 23.6 Å². The summed E-state index contributed by atoms with van der Waals surface area (Å²) in [7, 11) is 5.62. The number of aliphatic hydroxyl groups is 1. The molecule has 2 aromatic carbocycles. The molecule has 0 saturated carbocycles. The number of hydrogen-bond acceptors (Lipinski definition) is 4. The summed E-state index contributed by atoms with van der Waals surface area (Å²) < 4.78 is 5.15. The van der Waals surface area contributed by atoms with Crippen LogP contribution in [0.1, 0.15) is 23.6 Å². The van der Waals surface area contributed by atoms with E-state index in [0.29, 0.717) is 22.9 Å². The summed E-state index contributed by atoms with van der Waals surface area (Å²) in [6.07, 6.45) is 0.738. The van der Waals surface area contributed by atoms with Crippen molar-refractivity contribution in [2.45, 2.75) is 12.5 Å². The standard InChI is InChI=1S/C23H25ClN2O4/c1-25(2)13-4-14-26-20(15-5-9-17(24)10-6-15)19(22(28)23(26)29)21(27)16-7-11-18(30-3)12-8-16/h5-12,20,27H,4,13-14H2,1-3H3/p+1/t20-/m0/s1. The number of hydrogen-bond donors (Lipinski definition) is 2. The van der Waals surface area contributed by atoms with Gasteiger partial charge in [0.1, 0.15) is 11.5 Å². The molecule has 1 aliphatic rings. The molecule has 0 aromatic heterocycles. The Bertz CT molecular complexity index is 952. The minimum atomic E-state index is -0.680. The second kappa shape index (κ2) is 9.32. The van der Waals surface area contributed by atoms with Crippen molar-refractivity contribution in [3.63, 3.8) is 0 Å². The largest absolute Gasteiger partial charge is 0.507 e. The smallest absolute Gasteiger partial charge is 0.295 e. The molecule has 0 aliphatic carbocycles. The second-order valence-electron chi connectivity index (χ2n) is 7.58. The fourth-order valence-corrected chi connectivity index (χ4v) is 3.74. The molecule has 0 unspecified atom stereocenters. The lowest BCUT2D eigenvalue weighted by molar-refractivity contribution is -0.858. The molecule has 1 atom stereocenters. The fourth-order valence-electron chi connectivity index (χ4n) is 3.61. The predicted octanol–water partition coefficient (Wildman–Crippen LogP) is 2.30. The molecular formula is C23H26ClN2O4+. The van der Waals surface area contributed by atoms with Gasteiger partial charge < -0.3 is 19.6 Å². The molecule has 6 nitrogen and oxygen atoms in total. The van der Waals surface area contributed by atoms with Gasteiger partial charge in [0.15, 0.2) is 0 Å². The van der Waals surface area contributed by atoms with Crippen LogP contribution in [-0.2, 0) is 9.59 Å². The number of Topliss-reactive ketones (excluding diaryl/α,β-unsaturated/α-hetero) is 1. The number of ketones is 1. The van der Waals surface area contributed by atoms with E-state index in [9.17, 15) is 14.7 Å². The van der Waals surface area contributed by atoms with Crippen molar-refractivity contribution < 1.29 is 24.3 Å². The molecule has 1 aliphatic heterocycles. The van der Waals surface area contributed by atoms with E-state index in [0.717, 1.165) is 18.5 Å². The van der Waals surface area contributed by atoms with Crippen molar-refractivity contribution in [2.24, 2.45) is 0 Å². The highest BCUT2D eigenvalue weighted by Crippen LogP contribution is 2.39. The zero-order valence-corrected chi connectivity index (χ0v) is 18.1. The van der Waals surface area contributed by atoms with Crippen molar-refractivity contribution in [2.75, 3.05) is 34.3 Å². The number of nitrogens with zero attached hydrogens (tertiary/aromatic N) is 1. The maximum Gasteiger partial charge on any atom is 0.295 e. The predicted molar refractivity (Wildman–Crippen MR) is 116 cm³/mol. The van der Waals surface area contributed by atoms with E-state index in [2.05, 4.69) is 0 Å². The number of nitrogens with one attached hydrogen (secondary N) is 1. The van der Waals surface area contributed by atoms with Gasteiger partial charge in [-0.3, -0.25) is 9.59 Å². The van der Waals surface area contributed by atoms with Crippen LogP contribution < -0.4 is 9.64 Å². The van der Waals surface area contributed by atoms with E-state index in [1.54, 1.807) is 60.5 Å². The molecule has 2 aromatic rings. The Labute approximate surface area is 181 Å². The van der Waals surface area contributed by atoms with Crippen LogP contribution in [0.15, 0.2) is 54.1 Å². The van der Waals surface area contributed by atoms with Crippen LogP contribution in [0.5, 0.6) is 5.75 Å². The number of benzene rings is 2. The molecule has 2 N–H and O–H groups in total. The van der Waals surface area contributed by atoms with Crippen molar-refractivity contribution in [3.05, 3.63) is 70.3 Å². The number of halogens is 1. The van der Waals surface area contributed by atoms with Crippen LogP contribution in [0, 0.1) is 0 Å². The number of quaternary nitrogens is 1. The summed E-state index contributed by atoms with van der Waals surface area (Å²) in [6.45, 7) is 1.28. The van der Waals surface area contributed by atoms with Gasteiger partial charge >= 0.3 is 0 Å². The van der Waals surface area contributed by atoms with Crippen LogP contribution in [0.25, 0.3) is 5.76 Å². The molecular weight excluding hydrogens is 404 g/mol. The van der Waals surface area contributed by atoms with Gasteiger partial charge in [-0.15, -0.1) is 0 Å². The third-order valence-corrected chi connectivity index (χ3v) is 5.42. The van der Waals surface area contributed by atoms with Crippen LogP contribution >= 0.6 is 11.6 Å². The highest BCUT2D eigenvalue weighted by Gasteiger charge is 2.45. The van der Waals surface area contributed by atoms with E-state index in [-0.39, 0.29) is 11.3 Å². The first-order valence-electron chi connectivity index (χ1n) is 9.80. The molecule has 0 spiro atoms. The Morgan fingerprint density at radius 3 is 2.30 bits per heavy atom. The van der Waals surface area contributed by atoms with E-state index in [1.165, 1.54) is 4.90 Å².